The van der Waals surface area contributed by atoms with Gasteiger partial charge in [-0.25, -0.2) is 9.78 Å². The van der Waals surface area contributed by atoms with E-state index < -0.39 is 5.97 Å². The quantitative estimate of drug-likeness (QED) is 0.807. The number of ether oxygens (including phenoxy) is 1. The molecule has 2 aromatic rings. The molecule has 0 amide bonds. The lowest BCUT2D eigenvalue weighted by atomic mass is 10.2. The Bertz CT molecular complexity index is 661. The van der Waals surface area contributed by atoms with E-state index in [0.717, 1.165) is 24.8 Å². The summed E-state index contributed by atoms with van der Waals surface area (Å²) in [7, 11) is 1.65. The molecule has 1 N–H and O–H groups in total. The van der Waals surface area contributed by atoms with Crippen molar-refractivity contribution in [1.29, 1.82) is 0 Å². The molecule has 1 aliphatic rings. The molecule has 0 unspecified atom stereocenters. The van der Waals surface area contributed by atoms with Gasteiger partial charge in [0.1, 0.15) is 12.0 Å². The number of nitrogens with zero attached hydrogens (tertiary/aromatic N) is 2. The Labute approximate surface area is 134 Å². The van der Waals surface area contributed by atoms with Crippen LogP contribution in [-0.2, 0) is 13.1 Å². The summed E-state index contributed by atoms with van der Waals surface area (Å²) < 4.78 is 10.5. The molecule has 6 heteroatoms. The lowest BCUT2D eigenvalue weighted by molar-refractivity contribution is 0.0690. The fourth-order valence-corrected chi connectivity index (χ4v) is 2.51. The van der Waals surface area contributed by atoms with Gasteiger partial charge in [0, 0.05) is 13.1 Å². The number of aromatic carboxylic acids is 1. The highest BCUT2D eigenvalue weighted by Crippen LogP contribution is 2.30. The van der Waals surface area contributed by atoms with Crippen LogP contribution in [0.15, 0.2) is 34.9 Å². The number of aromatic nitrogens is 1. The summed E-state index contributed by atoms with van der Waals surface area (Å²) >= 11 is 0. The van der Waals surface area contributed by atoms with Crippen LogP contribution in [0.3, 0.4) is 0 Å². The monoisotopic (exact) mass is 316 g/mol. The Morgan fingerprint density at radius 1 is 1.35 bits per heavy atom. The van der Waals surface area contributed by atoms with Crippen molar-refractivity contribution in [2.75, 3.05) is 13.7 Å². The molecule has 0 aliphatic heterocycles. The molecule has 0 saturated heterocycles. The van der Waals surface area contributed by atoms with Gasteiger partial charge < -0.3 is 14.3 Å². The van der Waals surface area contributed by atoms with Gasteiger partial charge in [0.25, 0.3) is 0 Å². The van der Waals surface area contributed by atoms with Gasteiger partial charge >= 0.3 is 5.97 Å². The zero-order valence-corrected chi connectivity index (χ0v) is 13.1. The second kappa shape index (κ2) is 6.83. The van der Waals surface area contributed by atoms with Crippen LogP contribution in [0, 0.1) is 5.92 Å². The number of carbonyl (C=O) groups is 1. The molecule has 0 bridgehead atoms. The van der Waals surface area contributed by atoms with Crippen LogP contribution in [0.4, 0.5) is 0 Å². The number of hydrogen-bond donors (Lipinski definition) is 1. The summed E-state index contributed by atoms with van der Waals surface area (Å²) in [5.74, 6) is 0.934. The van der Waals surface area contributed by atoms with Crippen LogP contribution in [0.1, 0.15) is 34.8 Å². The summed E-state index contributed by atoms with van der Waals surface area (Å²) in [6, 6.07) is 7.96. The minimum atomic E-state index is -1.07. The molecule has 0 atom stereocenters. The average molecular weight is 316 g/mol. The van der Waals surface area contributed by atoms with Crippen molar-refractivity contribution in [2.24, 2.45) is 5.92 Å². The molecule has 0 spiro atoms. The fourth-order valence-electron chi connectivity index (χ4n) is 2.51. The summed E-state index contributed by atoms with van der Waals surface area (Å²) in [5, 5.41) is 8.92. The third kappa shape index (κ3) is 4.32. The van der Waals surface area contributed by atoms with Crippen molar-refractivity contribution in [3.63, 3.8) is 0 Å². The van der Waals surface area contributed by atoms with Crippen molar-refractivity contribution in [3.05, 3.63) is 47.7 Å². The summed E-state index contributed by atoms with van der Waals surface area (Å²) in [6.07, 6.45) is 3.70. The Morgan fingerprint density at radius 2 is 2.09 bits per heavy atom. The van der Waals surface area contributed by atoms with Gasteiger partial charge in [0.15, 0.2) is 5.69 Å². The van der Waals surface area contributed by atoms with Crippen molar-refractivity contribution in [3.8, 4) is 5.75 Å². The molecule has 1 aromatic carbocycles. The summed E-state index contributed by atoms with van der Waals surface area (Å²) in [6.45, 7) is 2.25. The molecule has 23 heavy (non-hydrogen) atoms. The van der Waals surface area contributed by atoms with E-state index in [-0.39, 0.29) is 5.69 Å². The number of rotatable bonds is 8. The van der Waals surface area contributed by atoms with E-state index in [9.17, 15) is 4.79 Å². The topological polar surface area (TPSA) is 75.8 Å². The number of benzene rings is 1. The maximum atomic E-state index is 10.9. The second-order valence-corrected chi connectivity index (χ2v) is 5.89. The standard InChI is InChI=1S/C17H20N2O4/c1-22-14-6-4-13(5-7-14)9-19(8-12-2-3-12)10-16-18-15(11-23-16)17(20)21/h4-7,11-12H,2-3,8-10H2,1H3,(H,20,21). The largest absolute Gasteiger partial charge is 0.497 e. The molecule has 3 rings (SSSR count). The highest BCUT2D eigenvalue weighted by atomic mass is 16.5. The molecule has 1 aromatic heterocycles. The minimum absolute atomic E-state index is 0.0455. The van der Waals surface area contributed by atoms with Crippen molar-refractivity contribution in [1.82, 2.24) is 9.88 Å². The molecule has 1 heterocycles. The van der Waals surface area contributed by atoms with Gasteiger partial charge in [-0.15, -0.1) is 0 Å². The maximum absolute atomic E-state index is 10.9. The summed E-state index contributed by atoms with van der Waals surface area (Å²) in [4.78, 5) is 17.2. The highest BCUT2D eigenvalue weighted by Gasteiger charge is 2.25. The molecule has 1 aliphatic carbocycles. The Hall–Kier alpha value is -2.34. The first kappa shape index (κ1) is 15.6. The molecule has 1 saturated carbocycles. The number of carboxylic acids is 1. The minimum Gasteiger partial charge on any atom is -0.497 e. The van der Waals surface area contributed by atoms with Crippen LogP contribution >= 0.6 is 0 Å². The van der Waals surface area contributed by atoms with Crippen molar-refractivity contribution < 1.29 is 19.1 Å². The van der Waals surface area contributed by atoms with Gasteiger partial charge in [0.05, 0.1) is 13.7 Å². The van der Waals surface area contributed by atoms with Gasteiger partial charge in [0.2, 0.25) is 5.89 Å². The first-order valence-corrected chi connectivity index (χ1v) is 7.67. The smallest absolute Gasteiger partial charge is 0.357 e. The van der Waals surface area contributed by atoms with E-state index in [4.69, 9.17) is 14.3 Å². The fraction of sp³-hybridized carbons (Fsp3) is 0.412. The number of methoxy groups -OCH3 is 1. The number of oxazole rings is 1. The average Bonchev–Trinajstić information content (AvgIpc) is 3.23. The lowest BCUT2D eigenvalue weighted by Crippen LogP contribution is -2.25. The highest BCUT2D eigenvalue weighted by molar-refractivity contribution is 5.84. The molecular formula is C17H20N2O4. The van der Waals surface area contributed by atoms with E-state index in [0.29, 0.717) is 12.4 Å². The van der Waals surface area contributed by atoms with Crippen LogP contribution in [0.5, 0.6) is 5.75 Å². The SMILES string of the molecule is COc1ccc(CN(Cc2nc(C(=O)O)co2)CC2CC2)cc1. The van der Waals surface area contributed by atoms with Gasteiger partial charge in [-0.2, -0.15) is 0 Å². The van der Waals surface area contributed by atoms with Gasteiger partial charge in [-0.3, -0.25) is 4.90 Å². The normalized spacial score (nSPS) is 14.2. The summed E-state index contributed by atoms with van der Waals surface area (Å²) in [5.41, 5.74) is 1.13. The maximum Gasteiger partial charge on any atom is 0.357 e. The van der Waals surface area contributed by atoms with E-state index in [1.165, 1.54) is 24.7 Å². The number of carboxylic acid groups (broad SMARTS) is 1. The first-order valence-electron chi connectivity index (χ1n) is 7.67. The second-order valence-electron chi connectivity index (χ2n) is 5.89. The predicted molar refractivity (Wildman–Crippen MR) is 83.3 cm³/mol. The van der Waals surface area contributed by atoms with E-state index in [1.54, 1.807) is 7.11 Å². The number of hydrogen-bond acceptors (Lipinski definition) is 5. The zero-order valence-electron chi connectivity index (χ0n) is 13.1. The van der Waals surface area contributed by atoms with Crippen LogP contribution < -0.4 is 4.74 Å². The molecular weight excluding hydrogens is 296 g/mol. The molecule has 6 nitrogen and oxygen atoms in total. The molecule has 0 radical (unpaired) electrons. The lowest BCUT2D eigenvalue weighted by Gasteiger charge is -2.20. The zero-order chi connectivity index (χ0) is 16.2. The van der Waals surface area contributed by atoms with E-state index >= 15 is 0 Å². The van der Waals surface area contributed by atoms with Crippen molar-refractivity contribution in [2.45, 2.75) is 25.9 Å². The first-order chi connectivity index (χ1) is 11.1. The third-order valence-electron chi connectivity index (χ3n) is 3.91. The van der Waals surface area contributed by atoms with E-state index in [1.807, 2.05) is 24.3 Å². The van der Waals surface area contributed by atoms with Crippen LogP contribution in [0.2, 0.25) is 0 Å². The van der Waals surface area contributed by atoms with Crippen LogP contribution in [-0.4, -0.2) is 34.6 Å². The van der Waals surface area contributed by atoms with Gasteiger partial charge in [-0.1, -0.05) is 12.1 Å². The molecule has 1 fully saturated rings. The molecule has 122 valence electrons. The Kier molecular flexibility index (Phi) is 4.62. The Morgan fingerprint density at radius 3 is 2.65 bits per heavy atom. The van der Waals surface area contributed by atoms with Crippen LogP contribution in [0.25, 0.3) is 0 Å². The predicted octanol–water partition coefficient (Wildman–Crippen LogP) is 2.79. The van der Waals surface area contributed by atoms with E-state index in [2.05, 4.69) is 9.88 Å². The van der Waals surface area contributed by atoms with Crippen molar-refractivity contribution >= 4 is 5.97 Å². The third-order valence-corrected chi connectivity index (χ3v) is 3.91. The Balaban J connectivity index is 1.67. The van der Waals surface area contributed by atoms with Gasteiger partial charge in [-0.05, 0) is 36.5 Å².